The summed E-state index contributed by atoms with van der Waals surface area (Å²) in [4.78, 5) is 24.6. The lowest BCUT2D eigenvalue weighted by Crippen LogP contribution is -2.16. The molecule has 0 bridgehead atoms. The minimum Gasteiger partial charge on any atom is -0.493 e. The second-order valence-corrected chi connectivity index (χ2v) is 8.90. The SMILES string of the molecule is CCn1c(COc2ccc(C)cc2OC)nnc1SCC(=O)Nc1cccc(C(=O)OC(C)C)c1. The maximum absolute atomic E-state index is 12.5. The van der Waals surface area contributed by atoms with Gasteiger partial charge >= 0.3 is 5.97 Å². The summed E-state index contributed by atoms with van der Waals surface area (Å²) >= 11 is 1.28. The number of amides is 1. The highest BCUT2D eigenvalue weighted by Crippen LogP contribution is 2.28. The van der Waals surface area contributed by atoms with Gasteiger partial charge in [-0.1, -0.05) is 23.9 Å². The van der Waals surface area contributed by atoms with Crippen LogP contribution in [0.2, 0.25) is 0 Å². The van der Waals surface area contributed by atoms with E-state index in [0.29, 0.717) is 40.3 Å². The number of hydrogen-bond acceptors (Lipinski definition) is 8. The van der Waals surface area contributed by atoms with E-state index in [1.165, 1.54) is 11.8 Å². The number of methoxy groups -OCH3 is 1. The Kier molecular flexibility index (Phi) is 9.13. The number of nitrogens with one attached hydrogen (secondary N) is 1. The van der Waals surface area contributed by atoms with Gasteiger partial charge in [0.25, 0.3) is 0 Å². The highest BCUT2D eigenvalue weighted by molar-refractivity contribution is 7.99. The quantitative estimate of drug-likeness (QED) is 0.305. The molecule has 0 aliphatic carbocycles. The van der Waals surface area contributed by atoms with E-state index in [1.807, 2.05) is 36.6 Å². The molecule has 186 valence electrons. The minimum absolute atomic E-state index is 0.130. The normalized spacial score (nSPS) is 10.8. The van der Waals surface area contributed by atoms with Gasteiger partial charge in [0.1, 0.15) is 6.61 Å². The number of nitrogens with zero attached hydrogens (tertiary/aromatic N) is 3. The number of rotatable bonds is 11. The van der Waals surface area contributed by atoms with Crippen molar-refractivity contribution in [2.75, 3.05) is 18.2 Å². The van der Waals surface area contributed by atoms with Crippen molar-refractivity contribution >= 4 is 29.3 Å². The average Bonchev–Trinajstić information content (AvgIpc) is 3.23. The minimum atomic E-state index is -0.431. The summed E-state index contributed by atoms with van der Waals surface area (Å²) in [6.45, 7) is 8.37. The first-order chi connectivity index (χ1) is 16.8. The predicted molar refractivity (Wildman–Crippen MR) is 134 cm³/mol. The van der Waals surface area contributed by atoms with E-state index >= 15 is 0 Å². The third-order valence-corrected chi connectivity index (χ3v) is 5.81. The zero-order valence-corrected chi connectivity index (χ0v) is 21.3. The van der Waals surface area contributed by atoms with Crippen LogP contribution >= 0.6 is 11.8 Å². The Morgan fingerprint density at radius 3 is 2.63 bits per heavy atom. The molecule has 0 saturated heterocycles. The van der Waals surface area contributed by atoms with E-state index in [-0.39, 0.29) is 24.4 Å². The number of aryl methyl sites for hydroxylation is 1. The molecule has 0 unspecified atom stereocenters. The fourth-order valence-electron chi connectivity index (χ4n) is 3.22. The standard InChI is InChI=1S/C25H30N4O5S/c1-6-29-22(14-33-20-11-10-17(4)12-21(20)32-5)27-28-25(29)35-15-23(30)26-19-9-7-8-18(13-19)24(31)34-16(2)3/h7-13,16H,6,14-15H2,1-5H3,(H,26,30). The van der Waals surface area contributed by atoms with Crippen LogP contribution in [-0.2, 0) is 22.7 Å². The van der Waals surface area contributed by atoms with E-state index in [4.69, 9.17) is 14.2 Å². The van der Waals surface area contributed by atoms with Gasteiger partial charge in [-0.2, -0.15) is 0 Å². The summed E-state index contributed by atoms with van der Waals surface area (Å²) in [5, 5.41) is 11.9. The number of carbonyl (C=O) groups is 2. The Bertz CT molecular complexity index is 1180. The molecule has 2 aromatic carbocycles. The molecule has 1 N–H and O–H groups in total. The number of esters is 1. The number of carbonyl (C=O) groups excluding carboxylic acids is 2. The molecule has 35 heavy (non-hydrogen) atoms. The maximum atomic E-state index is 12.5. The number of thioether (sulfide) groups is 1. The number of benzene rings is 2. The summed E-state index contributed by atoms with van der Waals surface area (Å²) in [6, 6.07) is 12.4. The predicted octanol–water partition coefficient (Wildman–Crippen LogP) is 4.49. The molecule has 0 spiro atoms. The van der Waals surface area contributed by atoms with Gasteiger partial charge in [0.2, 0.25) is 5.91 Å². The van der Waals surface area contributed by atoms with E-state index in [9.17, 15) is 9.59 Å². The van der Waals surface area contributed by atoms with Crippen molar-refractivity contribution in [3.05, 3.63) is 59.4 Å². The van der Waals surface area contributed by atoms with Crippen molar-refractivity contribution in [3.63, 3.8) is 0 Å². The van der Waals surface area contributed by atoms with Gasteiger partial charge in [0.15, 0.2) is 22.5 Å². The van der Waals surface area contributed by atoms with Crippen LogP contribution < -0.4 is 14.8 Å². The molecule has 0 fully saturated rings. The average molecular weight is 499 g/mol. The van der Waals surface area contributed by atoms with Crippen LogP contribution in [0.4, 0.5) is 5.69 Å². The lowest BCUT2D eigenvalue weighted by atomic mass is 10.2. The largest absolute Gasteiger partial charge is 0.493 e. The smallest absolute Gasteiger partial charge is 0.338 e. The maximum Gasteiger partial charge on any atom is 0.338 e. The van der Waals surface area contributed by atoms with E-state index in [1.54, 1.807) is 45.2 Å². The molecule has 1 aromatic heterocycles. The van der Waals surface area contributed by atoms with Crippen LogP contribution in [0.3, 0.4) is 0 Å². The molecule has 1 heterocycles. The van der Waals surface area contributed by atoms with E-state index in [0.717, 1.165) is 5.56 Å². The monoisotopic (exact) mass is 498 g/mol. The summed E-state index contributed by atoms with van der Waals surface area (Å²) in [6.07, 6.45) is -0.220. The van der Waals surface area contributed by atoms with Gasteiger partial charge in [0.05, 0.1) is 24.5 Å². The molecule has 10 heteroatoms. The molecule has 3 rings (SSSR count). The number of aromatic nitrogens is 3. The molecule has 3 aromatic rings. The van der Waals surface area contributed by atoms with Crippen molar-refractivity contribution < 1.29 is 23.8 Å². The zero-order valence-electron chi connectivity index (χ0n) is 20.5. The Labute approximate surface area is 209 Å². The summed E-state index contributed by atoms with van der Waals surface area (Å²) in [5.74, 6) is 1.40. The van der Waals surface area contributed by atoms with Crippen LogP contribution in [0.15, 0.2) is 47.6 Å². The molecule has 0 aliphatic heterocycles. The second kappa shape index (κ2) is 12.3. The Morgan fingerprint density at radius 2 is 1.91 bits per heavy atom. The molecule has 9 nitrogen and oxygen atoms in total. The topological polar surface area (TPSA) is 105 Å². The van der Waals surface area contributed by atoms with Gasteiger partial charge in [-0.05, 0) is 63.6 Å². The van der Waals surface area contributed by atoms with Gasteiger partial charge in [-0.15, -0.1) is 10.2 Å². The third kappa shape index (κ3) is 7.22. The molecule has 0 radical (unpaired) electrons. The van der Waals surface area contributed by atoms with Gasteiger partial charge < -0.3 is 24.1 Å². The first kappa shape index (κ1) is 26.1. The van der Waals surface area contributed by atoms with Crippen LogP contribution in [0.5, 0.6) is 11.5 Å². The molecular formula is C25H30N4O5S. The Morgan fingerprint density at radius 1 is 1.11 bits per heavy atom. The highest BCUT2D eigenvalue weighted by Gasteiger charge is 2.16. The fraction of sp³-hybridized carbons (Fsp3) is 0.360. The molecule has 1 amide bonds. The van der Waals surface area contributed by atoms with Crippen molar-refractivity contribution in [1.82, 2.24) is 14.8 Å². The molecule has 0 atom stereocenters. The highest BCUT2D eigenvalue weighted by atomic mass is 32.2. The summed E-state index contributed by atoms with van der Waals surface area (Å²) in [7, 11) is 1.60. The first-order valence-corrected chi connectivity index (χ1v) is 12.2. The summed E-state index contributed by atoms with van der Waals surface area (Å²) < 4.78 is 18.4. The van der Waals surface area contributed by atoms with Crippen LogP contribution in [-0.4, -0.2) is 45.6 Å². The lowest BCUT2D eigenvalue weighted by Gasteiger charge is -2.12. The Hall–Kier alpha value is -3.53. The lowest BCUT2D eigenvalue weighted by molar-refractivity contribution is -0.113. The summed E-state index contributed by atoms with van der Waals surface area (Å²) in [5.41, 5.74) is 1.97. The zero-order chi connectivity index (χ0) is 25.4. The van der Waals surface area contributed by atoms with E-state index in [2.05, 4.69) is 15.5 Å². The van der Waals surface area contributed by atoms with Crippen LogP contribution in [0.1, 0.15) is 42.5 Å². The van der Waals surface area contributed by atoms with Crippen LogP contribution in [0, 0.1) is 6.92 Å². The number of hydrogen-bond donors (Lipinski definition) is 1. The molecule has 0 aliphatic rings. The second-order valence-electron chi connectivity index (χ2n) is 7.96. The van der Waals surface area contributed by atoms with Crippen molar-refractivity contribution in [3.8, 4) is 11.5 Å². The van der Waals surface area contributed by atoms with Gasteiger partial charge in [-0.3, -0.25) is 4.79 Å². The van der Waals surface area contributed by atoms with Crippen molar-refractivity contribution in [2.24, 2.45) is 0 Å². The van der Waals surface area contributed by atoms with Crippen LogP contribution in [0.25, 0.3) is 0 Å². The van der Waals surface area contributed by atoms with Gasteiger partial charge in [0, 0.05) is 12.2 Å². The number of anilines is 1. The van der Waals surface area contributed by atoms with Gasteiger partial charge in [-0.25, -0.2) is 4.79 Å². The molecule has 0 saturated carbocycles. The first-order valence-electron chi connectivity index (χ1n) is 11.2. The number of ether oxygens (including phenoxy) is 3. The fourth-order valence-corrected chi connectivity index (χ4v) is 4.04. The van der Waals surface area contributed by atoms with Crippen molar-refractivity contribution in [2.45, 2.75) is 52.1 Å². The Balaban J connectivity index is 1.59. The molecular weight excluding hydrogens is 468 g/mol. The van der Waals surface area contributed by atoms with Crippen molar-refractivity contribution in [1.29, 1.82) is 0 Å². The third-order valence-electron chi connectivity index (χ3n) is 4.84. The van der Waals surface area contributed by atoms with E-state index < -0.39 is 5.97 Å².